The molecule has 24 heavy (non-hydrogen) atoms. The van der Waals surface area contributed by atoms with Gasteiger partial charge in [-0.3, -0.25) is 9.78 Å². The Hall–Kier alpha value is -2.27. The topological polar surface area (TPSA) is 54.5 Å². The third kappa shape index (κ3) is 5.13. The lowest BCUT2D eigenvalue weighted by Gasteiger charge is -2.22. The fourth-order valence-corrected chi connectivity index (χ4v) is 2.27. The Labute approximate surface area is 147 Å². The molecule has 0 fully saturated rings. The monoisotopic (exact) mass is 347 g/mol. The molecule has 0 saturated carbocycles. The van der Waals surface area contributed by atoms with Gasteiger partial charge in [-0.25, -0.2) is 0 Å². The van der Waals surface area contributed by atoms with Gasteiger partial charge < -0.3 is 15.0 Å². The zero-order valence-corrected chi connectivity index (χ0v) is 14.9. The summed E-state index contributed by atoms with van der Waals surface area (Å²) in [5, 5.41) is 3.71. The van der Waals surface area contributed by atoms with Crippen LogP contribution in [0.3, 0.4) is 0 Å². The molecule has 0 aliphatic heterocycles. The van der Waals surface area contributed by atoms with Crippen molar-refractivity contribution in [2.24, 2.45) is 0 Å². The molecular formula is C18H22ClN3O2. The number of nitrogens with zero attached hydrogens (tertiary/aromatic N) is 2. The fraction of sp³-hybridized carbons (Fsp3) is 0.333. The molecule has 5 nitrogen and oxygen atoms in total. The maximum atomic E-state index is 12.4. The van der Waals surface area contributed by atoms with E-state index in [-0.39, 0.29) is 11.9 Å². The Morgan fingerprint density at radius 2 is 2.00 bits per heavy atom. The number of carbonyl (C=O) groups is 1. The molecule has 2 aromatic rings. The fourth-order valence-electron chi connectivity index (χ4n) is 2.04. The second kappa shape index (κ2) is 8.55. The molecule has 6 heteroatoms. The van der Waals surface area contributed by atoms with E-state index in [0.29, 0.717) is 29.5 Å². The number of carbonyl (C=O) groups excluding carboxylic acids is 1. The first-order valence-corrected chi connectivity index (χ1v) is 8.19. The van der Waals surface area contributed by atoms with Crippen LogP contribution >= 0.6 is 11.6 Å². The third-order valence-electron chi connectivity index (χ3n) is 3.59. The van der Waals surface area contributed by atoms with E-state index in [2.05, 4.69) is 10.3 Å². The van der Waals surface area contributed by atoms with Gasteiger partial charge in [0, 0.05) is 48.3 Å². The average Bonchev–Trinajstić information content (AvgIpc) is 2.57. The molecule has 1 N–H and O–H groups in total. The van der Waals surface area contributed by atoms with Gasteiger partial charge in [0.15, 0.2) is 0 Å². The van der Waals surface area contributed by atoms with Crippen LogP contribution in [0.5, 0.6) is 5.75 Å². The standard InChI is InChI=1S/C18H22ClN3O2/c1-13(2)22(3)18(23)14-10-15(19)12-17(11-14)24-9-8-21-16-4-6-20-7-5-16/h4-7,10-13H,8-9H2,1-3H3,(H,20,21). The summed E-state index contributed by atoms with van der Waals surface area (Å²) in [7, 11) is 1.77. The summed E-state index contributed by atoms with van der Waals surface area (Å²) in [4.78, 5) is 18.0. The van der Waals surface area contributed by atoms with Gasteiger partial charge >= 0.3 is 0 Å². The van der Waals surface area contributed by atoms with Gasteiger partial charge in [0.05, 0.1) is 0 Å². The van der Waals surface area contributed by atoms with Crippen molar-refractivity contribution in [3.63, 3.8) is 0 Å². The number of nitrogens with one attached hydrogen (secondary N) is 1. The lowest BCUT2D eigenvalue weighted by molar-refractivity contribution is 0.0754. The van der Waals surface area contributed by atoms with E-state index in [1.807, 2.05) is 26.0 Å². The van der Waals surface area contributed by atoms with Crippen molar-refractivity contribution in [3.05, 3.63) is 53.3 Å². The van der Waals surface area contributed by atoms with Gasteiger partial charge in [-0.2, -0.15) is 0 Å². The first kappa shape index (κ1) is 18.1. The molecule has 0 radical (unpaired) electrons. The first-order chi connectivity index (χ1) is 11.5. The van der Waals surface area contributed by atoms with Gasteiger partial charge in [-0.15, -0.1) is 0 Å². The molecule has 0 aliphatic rings. The van der Waals surface area contributed by atoms with Gasteiger partial charge in [0.2, 0.25) is 0 Å². The summed E-state index contributed by atoms with van der Waals surface area (Å²) in [6.07, 6.45) is 3.45. The molecule has 0 bridgehead atoms. The van der Waals surface area contributed by atoms with Gasteiger partial charge in [-0.05, 0) is 44.2 Å². The quantitative estimate of drug-likeness (QED) is 0.776. The van der Waals surface area contributed by atoms with Crippen LogP contribution in [-0.2, 0) is 0 Å². The second-order valence-corrected chi connectivity index (χ2v) is 6.13. The molecule has 2 rings (SSSR count). The molecule has 1 amide bonds. The van der Waals surface area contributed by atoms with Crippen LogP contribution in [0.15, 0.2) is 42.7 Å². The molecule has 128 valence electrons. The van der Waals surface area contributed by atoms with Crippen LogP contribution in [0.2, 0.25) is 5.02 Å². The minimum atomic E-state index is -0.0766. The third-order valence-corrected chi connectivity index (χ3v) is 3.81. The van der Waals surface area contributed by atoms with Gasteiger partial charge in [0.25, 0.3) is 5.91 Å². The summed E-state index contributed by atoms with van der Waals surface area (Å²) in [6, 6.07) is 8.98. The summed E-state index contributed by atoms with van der Waals surface area (Å²) in [5.41, 5.74) is 1.50. The molecule has 0 aliphatic carbocycles. The smallest absolute Gasteiger partial charge is 0.254 e. The molecule has 1 heterocycles. The number of pyridine rings is 1. The first-order valence-electron chi connectivity index (χ1n) is 7.82. The van der Waals surface area contributed by atoms with Crippen molar-refractivity contribution in [3.8, 4) is 5.75 Å². The zero-order valence-electron chi connectivity index (χ0n) is 14.1. The molecular weight excluding hydrogens is 326 g/mol. The number of amides is 1. The van der Waals surface area contributed by atoms with E-state index >= 15 is 0 Å². The van der Waals surface area contributed by atoms with E-state index in [0.717, 1.165) is 5.69 Å². The maximum absolute atomic E-state index is 12.4. The van der Waals surface area contributed by atoms with Crippen LogP contribution in [0.1, 0.15) is 24.2 Å². The highest BCUT2D eigenvalue weighted by molar-refractivity contribution is 6.31. The van der Waals surface area contributed by atoms with Gasteiger partial charge in [0.1, 0.15) is 12.4 Å². The highest BCUT2D eigenvalue weighted by Gasteiger charge is 2.16. The van der Waals surface area contributed by atoms with E-state index in [1.165, 1.54) is 0 Å². The minimum Gasteiger partial charge on any atom is -0.492 e. The molecule has 0 saturated heterocycles. The number of anilines is 1. The summed E-state index contributed by atoms with van der Waals surface area (Å²) in [6.45, 7) is 5.01. The van der Waals surface area contributed by atoms with Crippen molar-refractivity contribution in [1.29, 1.82) is 0 Å². The molecule has 1 aromatic heterocycles. The Kier molecular flexibility index (Phi) is 6.44. The Morgan fingerprint density at radius 3 is 2.67 bits per heavy atom. The summed E-state index contributed by atoms with van der Waals surface area (Å²) >= 11 is 6.11. The number of rotatable bonds is 7. The number of hydrogen-bond acceptors (Lipinski definition) is 4. The zero-order chi connectivity index (χ0) is 17.5. The summed E-state index contributed by atoms with van der Waals surface area (Å²) < 4.78 is 5.71. The predicted molar refractivity (Wildman–Crippen MR) is 96.9 cm³/mol. The highest BCUT2D eigenvalue weighted by atomic mass is 35.5. The highest BCUT2D eigenvalue weighted by Crippen LogP contribution is 2.22. The van der Waals surface area contributed by atoms with Crippen LogP contribution < -0.4 is 10.1 Å². The Balaban J connectivity index is 1.94. The molecule has 0 unspecified atom stereocenters. The predicted octanol–water partition coefficient (Wildman–Crippen LogP) is 3.71. The Morgan fingerprint density at radius 1 is 1.29 bits per heavy atom. The van der Waals surface area contributed by atoms with Crippen LogP contribution in [0, 0.1) is 0 Å². The van der Waals surface area contributed by atoms with E-state index in [4.69, 9.17) is 16.3 Å². The number of ether oxygens (including phenoxy) is 1. The van der Waals surface area contributed by atoms with Crippen LogP contribution in [0.25, 0.3) is 0 Å². The summed E-state index contributed by atoms with van der Waals surface area (Å²) in [5.74, 6) is 0.506. The average molecular weight is 348 g/mol. The maximum Gasteiger partial charge on any atom is 0.254 e. The van der Waals surface area contributed by atoms with E-state index in [1.54, 1.807) is 42.5 Å². The van der Waals surface area contributed by atoms with Crippen molar-refractivity contribution < 1.29 is 9.53 Å². The number of aromatic nitrogens is 1. The largest absolute Gasteiger partial charge is 0.492 e. The number of benzene rings is 1. The van der Waals surface area contributed by atoms with Gasteiger partial charge in [-0.1, -0.05) is 11.6 Å². The Bertz CT molecular complexity index is 677. The van der Waals surface area contributed by atoms with E-state index in [9.17, 15) is 4.79 Å². The minimum absolute atomic E-state index is 0.0766. The van der Waals surface area contributed by atoms with Crippen LogP contribution in [0.4, 0.5) is 5.69 Å². The molecule has 0 atom stereocenters. The SMILES string of the molecule is CC(C)N(C)C(=O)c1cc(Cl)cc(OCCNc2ccncc2)c1. The normalized spacial score (nSPS) is 10.5. The molecule has 1 aromatic carbocycles. The lowest BCUT2D eigenvalue weighted by atomic mass is 10.1. The van der Waals surface area contributed by atoms with Crippen LogP contribution in [-0.4, -0.2) is 42.0 Å². The van der Waals surface area contributed by atoms with Crippen molar-refractivity contribution in [2.75, 3.05) is 25.5 Å². The van der Waals surface area contributed by atoms with Crippen molar-refractivity contribution >= 4 is 23.2 Å². The molecule has 0 spiro atoms. The lowest BCUT2D eigenvalue weighted by Crippen LogP contribution is -2.32. The van der Waals surface area contributed by atoms with Crippen molar-refractivity contribution in [1.82, 2.24) is 9.88 Å². The van der Waals surface area contributed by atoms with E-state index < -0.39 is 0 Å². The number of halogens is 1. The van der Waals surface area contributed by atoms with Crippen molar-refractivity contribution in [2.45, 2.75) is 19.9 Å². The number of hydrogen-bond donors (Lipinski definition) is 1. The second-order valence-electron chi connectivity index (χ2n) is 5.70.